The molecule has 1 aromatic carbocycles. The van der Waals surface area contributed by atoms with Crippen LogP contribution in [0.15, 0.2) is 24.4 Å². The average Bonchev–Trinajstić information content (AvgIpc) is 2.86. The molecule has 0 spiro atoms. The van der Waals surface area contributed by atoms with E-state index in [0.717, 1.165) is 16.9 Å². The predicted molar refractivity (Wildman–Crippen MR) is 95.3 cm³/mol. The number of methoxy groups -OCH3 is 2. The minimum Gasteiger partial charge on any atom is -0.493 e. The van der Waals surface area contributed by atoms with Gasteiger partial charge in [-0.3, -0.25) is 4.68 Å². The highest BCUT2D eigenvalue weighted by atomic mass is 32.1. The van der Waals surface area contributed by atoms with Crippen LogP contribution in [0.5, 0.6) is 11.5 Å². The van der Waals surface area contributed by atoms with Gasteiger partial charge in [-0.15, -0.1) is 0 Å². The summed E-state index contributed by atoms with van der Waals surface area (Å²) in [6.45, 7) is 4.08. The zero-order chi connectivity index (χ0) is 17.0. The summed E-state index contributed by atoms with van der Waals surface area (Å²) in [6.07, 6.45) is 1.85. The summed E-state index contributed by atoms with van der Waals surface area (Å²) in [7, 11) is 5.13. The first-order chi connectivity index (χ1) is 11.0. The normalized spacial score (nSPS) is 11.7. The van der Waals surface area contributed by atoms with Crippen LogP contribution in [-0.4, -0.2) is 29.1 Å². The van der Waals surface area contributed by atoms with Gasteiger partial charge in [-0.2, -0.15) is 5.10 Å². The Kier molecular flexibility index (Phi) is 5.44. The van der Waals surface area contributed by atoms with Gasteiger partial charge in [0.05, 0.1) is 26.5 Å². The number of ether oxygens (including phenoxy) is 2. The zero-order valence-electron chi connectivity index (χ0n) is 14.0. The van der Waals surface area contributed by atoms with Crippen molar-refractivity contribution in [3.8, 4) is 11.5 Å². The highest BCUT2D eigenvalue weighted by molar-refractivity contribution is 7.80. The standard InChI is InChI=1S/C16H22N4O2S/c1-10(13-9-17-20(3)11(13)2)18-16(23)19-12-6-7-14(21-4)15(8-12)22-5/h6-10H,1-5H3,(H2,18,19,23). The largest absolute Gasteiger partial charge is 0.493 e. The van der Waals surface area contributed by atoms with E-state index in [0.29, 0.717) is 16.6 Å². The highest BCUT2D eigenvalue weighted by Gasteiger charge is 2.13. The van der Waals surface area contributed by atoms with E-state index < -0.39 is 0 Å². The fourth-order valence-corrected chi connectivity index (χ4v) is 2.59. The number of benzene rings is 1. The molecule has 0 fully saturated rings. The highest BCUT2D eigenvalue weighted by Crippen LogP contribution is 2.29. The maximum Gasteiger partial charge on any atom is 0.171 e. The third kappa shape index (κ3) is 3.92. The molecule has 1 unspecified atom stereocenters. The molecular formula is C16H22N4O2S. The summed E-state index contributed by atoms with van der Waals surface area (Å²) in [5, 5.41) is 11.2. The van der Waals surface area contributed by atoms with Crippen molar-refractivity contribution in [2.75, 3.05) is 19.5 Å². The maximum atomic E-state index is 5.38. The van der Waals surface area contributed by atoms with Crippen molar-refractivity contribution in [3.63, 3.8) is 0 Å². The van der Waals surface area contributed by atoms with E-state index in [-0.39, 0.29) is 6.04 Å². The fourth-order valence-electron chi connectivity index (χ4n) is 2.30. The van der Waals surface area contributed by atoms with E-state index in [1.54, 1.807) is 14.2 Å². The Balaban J connectivity index is 2.03. The Morgan fingerprint density at radius 1 is 1.26 bits per heavy atom. The van der Waals surface area contributed by atoms with Crippen molar-refractivity contribution >= 4 is 23.0 Å². The van der Waals surface area contributed by atoms with Crippen molar-refractivity contribution in [2.45, 2.75) is 19.9 Å². The Bertz CT molecular complexity index is 699. The number of thiocarbonyl (C=S) groups is 1. The Morgan fingerprint density at radius 3 is 2.52 bits per heavy atom. The first kappa shape index (κ1) is 17.1. The summed E-state index contributed by atoms with van der Waals surface area (Å²) < 4.78 is 12.4. The second-order valence-electron chi connectivity index (χ2n) is 5.20. The number of anilines is 1. The van der Waals surface area contributed by atoms with Crippen LogP contribution in [0, 0.1) is 6.92 Å². The van der Waals surface area contributed by atoms with Gasteiger partial charge in [0, 0.05) is 30.1 Å². The smallest absolute Gasteiger partial charge is 0.171 e. The monoisotopic (exact) mass is 334 g/mol. The van der Waals surface area contributed by atoms with Crippen LogP contribution in [0.1, 0.15) is 24.2 Å². The first-order valence-corrected chi connectivity index (χ1v) is 7.65. The maximum absolute atomic E-state index is 5.38. The number of hydrogen-bond acceptors (Lipinski definition) is 4. The van der Waals surface area contributed by atoms with E-state index in [1.165, 1.54) is 0 Å². The van der Waals surface area contributed by atoms with Gasteiger partial charge in [-0.1, -0.05) is 0 Å². The van der Waals surface area contributed by atoms with Crippen molar-refractivity contribution < 1.29 is 9.47 Å². The number of aryl methyl sites for hydroxylation is 1. The molecule has 0 bridgehead atoms. The number of aromatic nitrogens is 2. The van der Waals surface area contributed by atoms with Crippen LogP contribution in [-0.2, 0) is 7.05 Å². The molecule has 6 nitrogen and oxygen atoms in total. The Labute approximate surface area is 141 Å². The molecule has 23 heavy (non-hydrogen) atoms. The molecule has 0 saturated carbocycles. The molecule has 0 aliphatic heterocycles. The van der Waals surface area contributed by atoms with Gasteiger partial charge in [0.15, 0.2) is 16.6 Å². The summed E-state index contributed by atoms with van der Waals surface area (Å²) in [4.78, 5) is 0. The second-order valence-corrected chi connectivity index (χ2v) is 5.61. The van der Waals surface area contributed by atoms with Crippen LogP contribution in [0.3, 0.4) is 0 Å². The third-order valence-corrected chi connectivity index (χ3v) is 3.95. The molecule has 2 N–H and O–H groups in total. The summed E-state index contributed by atoms with van der Waals surface area (Å²) in [6, 6.07) is 5.62. The van der Waals surface area contributed by atoms with E-state index in [4.69, 9.17) is 21.7 Å². The minimum absolute atomic E-state index is 0.0591. The lowest BCUT2D eigenvalue weighted by Crippen LogP contribution is -2.31. The van der Waals surface area contributed by atoms with E-state index in [2.05, 4.69) is 15.7 Å². The van der Waals surface area contributed by atoms with Crippen LogP contribution in [0.2, 0.25) is 0 Å². The molecule has 1 heterocycles. The van der Waals surface area contributed by atoms with E-state index >= 15 is 0 Å². The topological polar surface area (TPSA) is 60.3 Å². The van der Waals surface area contributed by atoms with Crippen molar-refractivity contribution in [2.24, 2.45) is 7.05 Å². The SMILES string of the molecule is COc1ccc(NC(=S)NC(C)c2cnn(C)c2C)cc1OC. The lowest BCUT2D eigenvalue weighted by atomic mass is 10.1. The quantitative estimate of drug-likeness (QED) is 0.820. The van der Waals surface area contributed by atoms with Gasteiger partial charge >= 0.3 is 0 Å². The summed E-state index contributed by atoms with van der Waals surface area (Å²) in [5.41, 5.74) is 3.05. The molecule has 0 radical (unpaired) electrons. The van der Waals surface area contributed by atoms with Gasteiger partial charge in [-0.25, -0.2) is 0 Å². The van der Waals surface area contributed by atoms with Gasteiger partial charge in [0.25, 0.3) is 0 Å². The van der Waals surface area contributed by atoms with Crippen molar-refractivity contribution in [3.05, 3.63) is 35.7 Å². The molecule has 0 aliphatic carbocycles. The Hall–Kier alpha value is -2.28. The lowest BCUT2D eigenvalue weighted by Gasteiger charge is -2.17. The second kappa shape index (κ2) is 7.32. The van der Waals surface area contributed by atoms with Gasteiger partial charge in [0.1, 0.15) is 0 Å². The molecule has 0 aliphatic rings. The van der Waals surface area contributed by atoms with Gasteiger partial charge in [-0.05, 0) is 38.2 Å². The zero-order valence-corrected chi connectivity index (χ0v) is 14.8. The molecule has 1 aromatic heterocycles. The number of hydrogen-bond donors (Lipinski definition) is 2. The lowest BCUT2D eigenvalue weighted by molar-refractivity contribution is 0.355. The van der Waals surface area contributed by atoms with E-state index in [1.807, 2.05) is 50.0 Å². The summed E-state index contributed by atoms with van der Waals surface area (Å²) in [5.74, 6) is 1.33. The third-order valence-electron chi connectivity index (χ3n) is 3.73. The molecule has 0 saturated heterocycles. The molecule has 0 amide bonds. The van der Waals surface area contributed by atoms with Crippen LogP contribution < -0.4 is 20.1 Å². The van der Waals surface area contributed by atoms with Crippen LogP contribution in [0.25, 0.3) is 0 Å². The van der Waals surface area contributed by atoms with Crippen LogP contribution in [0.4, 0.5) is 5.69 Å². The van der Waals surface area contributed by atoms with Crippen molar-refractivity contribution in [1.82, 2.24) is 15.1 Å². The number of nitrogens with zero attached hydrogens (tertiary/aromatic N) is 2. The van der Waals surface area contributed by atoms with Crippen LogP contribution >= 0.6 is 12.2 Å². The molecular weight excluding hydrogens is 312 g/mol. The molecule has 124 valence electrons. The van der Waals surface area contributed by atoms with E-state index in [9.17, 15) is 0 Å². The predicted octanol–water partition coefficient (Wildman–Crippen LogP) is 2.79. The molecule has 2 aromatic rings. The molecule has 7 heteroatoms. The Morgan fingerprint density at radius 2 is 1.96 bits per heavy atom. The summed E-state index contributed by atoms with van der Waals surface area (Å²) >= 11 is 5.38. The number of rotatable bonds is 5. The van der Waals surface area contributed by atoms with Gasteiger partial charge < -0.3 is 20.1 Å². The van der Waals surface area contributed by atoms with Gasteiger partial charge in [0.2, 0.25) is 0 Å². The van der Waals surface area contributed by atoms with Crippen molar-refractivity contribution in [1.29, 1.82) is 0 Å². The molecule has 1 atom stereocenters. The average molecular weight is 334 g/mol. The minimum atomic E-state index is 0.0591. The number of nitrogens with one attached hydrogen (secondary N) is 2. The fraction of sp³-hybridized carbons (Fsp3) is 0.375. The molecule has 2 rings (SSSR count). The first-order valence-electron chi connectivity index (χ1n) is 7.24.